The van der Waals surface area contributed by atoms with Crippen molar-refractivity contribution in [3.63, 3.8) is 0 Å². The Morgan fingerprint density at radius 1 is 1.39 bits per heavy atom. The number of fused-ring (bicyclic) bond motifs is 1. The van der Waals surface area contributed by atoms with Gasteiger partial charge in [-0.15, -0.1) is 11.3 Å². The summed E-state index contributed by atoms with van der Waals surface area (Å²) in [5, 5.41) is 13.8. The molecule has 1 N–H and O–H groups in total. The summed E-state index contributed by atoms with van der Waals surface area (Å²) in [6.45, 7) is 4.31. The van der Waals surface area contributed by atoms with Gasteiger partial charge in [0.2, 0.25) is 5.91 Å². The zero-order valence-corrected chi connectivity index (χ0v) is 19.1. The van der Waals surface area contributed by atoms with E-state index >= 15 is 0 Å². The van der Waals surface area contributed by atoms with Gasteiger partial charge in [-0.3, -0.25) is 4.79 Å². The van der Waals surface area contributed by atoms with Gasteiger partial charge in [0, 0.05) is 16.3 Å². The molecule has 0 aliphatic heterocycles. The smallest absolute Gasteiger partial charge is 0.225 e. The Bertz CT molecular complexity index is 949. The molecule has 0 spiro atoms. The number of benzene rings is 1. The van der Waals surface area contributed by atoms with Crippen molar-refractivity contribution in [3.05, 3.63) is 42.7 Å². The SMILES string of the molecule is Cc1cc(OCCCC(=O)Nc2sc3c(c2C#N)CCCC3)c(Br)c(C)c1Cl. The number of carbonyl (C=O) groups is 1. The van der Waals surface area contributed by atoms with Crippen molar-refractivity contribution in [2.75, 3.05) is 11.9 Å². The van der Waals surface area contributed by atoms with Crippen molar-refractivity contribution in [2.24, 2.45) is 0 Å². The lowest BCUT2D eigenvalue weighted by molar-refractivity contribution is -0.116. The highest BCUT2D eigenvalue weighted by Gasteiger charge is 2.21. The average Bonchev–Trinajstić information content (AvgIpc) is 3.04. The zero-order valence-electron chi connectivity index (χ0n) is 16.0. The van der Waals surface area contributed by atoms with Crippen LogP contribution in [0.3, 0.4) is 0 Å². The number of aryl methyl sites for hydroxylation is 2. The van der Waals surface area contributed by atoms with Gasteiger partial charge in [0.25, 0.3) is 0 Å². The molecule has 0 bridgehead atoms. The van der Waals surface area contributed by atoms with Crippen molar-refractivity contribution < 1.29 is 9.53 Å². The number of ether oxygens (including phenoxy) is 1. The van der Waals surface area contributed by atoms with Gasteiger partial charge in [0.1, 0.15) is 16.8 Å². The average molecular weight is 482 g/mol. The normalized spacial score (nSPS) is 13.0. The lowest BCUT2D eigenvalue weighted by atomic mass is 9.96. The fourth-order valence-corrected chi connectivity index (χ4v) is 5.33. The lowest BCUT2D eigenvalue weighted by Gasteiger charge is -2.13. The fraction of sp³-hybridized carbons (Fsp3) is 0.429. The Balaban J connectivity index is 1.54. The fourth-order valence-electron chi connectivity index (χ4n) is 3.38. The largest absolute Gasteiger partial charge is 0.492 e. The van der Waals surface area contributed by atoms with E-state index in [1.54, 1.807) is 11.3 Å². The quantitative estimate of drug-likeness (QED) is 0.490. The maximum Gasteiger partial charge on any atom is 0.225 e. The molecule has 7 heteroatoms. The molecule has 1 amide bonds. The van der Waals surface area contributed by atoms with Crippen LogP contribution in [0.5, 0.6) is 5.75 Å². The van der Waals surface area contributed by atoms with E-state index in [-0.39, 0.29) is 5.91 Å². The minimum absolute atomic E-state index is 0.0822. The van der Waals surface area contributed by atoms with E-state index in [1.165, 1.54) is 4.88 Å². The third-order valence-corrected chi connectivity index (χ3v) is 7.68. The van der Waals surface area contributed by atoms with E-state index < -0.39 is 0 Å². The number of thiophene rings is 1. The summed E-state index contributed by atoms with van der Waals surface area (Å²) in [4.78, 5) is 13.6. The number of nitrogens with zero attached hydrogens (tertiary/aromatic N) is 1. The van der Waals surface area contributed by atoms with Crippen LogP contribution in [0.4, 0.5) is 5.00 Å². The first-order valence-corrected chi connectivity index (χ1v) is 11.3. The summed E-state index contributed by atoms with van der Waals surface area (Å²) in [5.74, 6) is 0.652. The highest BCUT2D eigenvalue weighted by Crippen LogP contribution is 2.38. The van der Waals surface area contributed by atoms with Gasteiger partial charge < -0.3 is 10.1 Å². The van der Waals surface area contributed by atoms with Gasteiger partial charge in [-0.25, -0.2) is 0 Å². The maximum absolute atomic E-state index is 12.3. The van der Waals surface area contributed by atoms with Crippen LogP contribution in [-0.4, -0.2) is 12.5 Å². The summed E-state index contributed by atoms with van der Waals surface area (Å²) in [6, 6.07) is 4.17. The highest BCUT2D eigenvalue weighted by atomic mass is 79.9. The molecule has 2 aromatic rings. The third kappa shape index (κ3) is 4.53. The molecule has 0 saturated carbocycles. The van der Waals surface area contributed by atoms with Crippen LogP contribution in [0.15, 0.2) is 10.5 Å². The van der Waals surface area contributed by atoms with Crippen molar-refractivity contribution in [1.82, 2.24) is 0 Å². The molecule has 148 valence electrons. The van der Waals surface area contributed by atoms with E-state index in [0.717, 1.165) is 57.6 Å². The first-order chi connectivity index (χ1) is 13.4. The van der Waals surface area contributed by atoms with Crippen LogP contribution in [0.2, 0.25) is 5.02 Å². The molecule has 0 saturated heterocycles. The number of rotatable bonds is 6. The summed E-state index contributed by atoms with van der Waals surface area (Å²) < 4.78 is 6.67. The molecule has 0 radical (unpaired) electrons. The molecule has 0 fully saturated rings. The topological polar surface area (TPSA) is 62.1 Å². The lowest BCUT2D eigenvalue weighted by Crippen LogP contribution is -2.13. The van der Waals surface area contributed by atoms with Gasteiger partial charge >= 0.3 is 0 Å². The van der Waals surface area contributed by atoms with E-state index in [1.807, 2.05) is 19.9 Å². The van der Waals surface area contributed by atoms with Crippen molar-refractivity contribution in [2.45, 2.75) is 52.4 Å². The van der Waals surface area contributed by atoms with E-state index in [2.05, 4.69) is 27.3 Å². The molecular formula is C21H22BrClN2O2S. The second kappa shape index (κ2) is 9.30. The molecule has 3 rings (SSSR count). The van der Waals surface area contributed by atoms with Crippen LogP contribution in [0.1, 0.15) is 52.8 Å². The van der Waals surface area contributed by atoms with E-state index in [4.69, 9.17) is 16.3 Å². The predicted octanol–water partition coefficient (Wildman–Crippen LogP) is 6.33. The number of amides is 1. The van der Waals surface area contributed by atoms with E-state index in [9.17, 15) is 10.1 Å². The number of nitriles is 1. The number of hydrogen-bond donors (Lipinski definition) is 1. The second-order valence-electron chi connectivity index (χ2n) is 6.97. The maximum atomic E-state index is 12.3. The van der Waals surface area contributed by atoms with Crippen LogP contribution in [0, 0.1) is 25.2 Å². The molecule has 0 unspecified atom stereocenters. The van der Waals surface area contributed by atoms with Gasteiger partial charge in [0.05, 0.1) is 16.6 Å². The molecule has 28 heavy (non-hydrogen) atoms. The monoisotopic (exact) mass is 480 g/mol. The molecule has 1 aliphatic rings. The van der Waals surface area contributed by atoms with Gasteiger partial charge in [-0.05, 0) is 84.6 Å². The zero-order chi connectivity index (χ0) is 20.3. The van der Waals surface area contributed by atoms with Gasteiger partial charge in [0.15, 0.2) is 0 Å². The molecule has 1 aromatic carbocycles. The summed E-state index contributed by atoms with van der Waals surface area (Å²) in [7, 11) is 0. The molecule has 1 aromatic heterocycles. The Morgan fingerprint density at radius 3 is 2.89 bits per heavy atom. The first kappa shape index (κ1) is 21.2. The van der Waals surface area contributed by atoms with E-state index in [0.29, 0.717) is 30.0 Å². The molecule has 0 atom stereocenters. The van der Waals surface area contributed by atoms with Crippen molar-refractivity contribution in [3.8, 4) is 11.8 Å². The molecule has 1 heterocycles. The second-order valence-corrected chi connectivity index (χ2v) is 9.25. The van der Waals surface area contributed by atoms with Crippen LogP contribution >= 0.6 is 38.9 Å². The number of nitrogens with one attached hydrogen (secondary N) is 1. The Labute approximate surface area is 183 Å². The van der Waals surface area contributed by atoms with Crippen LogP contribution in [-0.2, 0) is 17.6 Å². The molecule has 1 aliphatic carbocycles. The molecular weight excluding hydrogens is 460 g/mol. The van der Waals surface area contributed by atoms with Crippen LogP contribution < -0.4 is 10.1 Å². The highest BCUT2D eigenvalue weighted by molar-refractivity contribution is 9.10. The van der Waals surface area contributed by atoms with Gasteiger partial charge in [-0.2, -0.15) is 5.26 Å². The minimum atomic E-state index is -0.0822. The number of carbonyl (C=O) groups excluding carboxylic acids is 1. The van der Waals surface area contributed by atoms with Gasteiger partial charge in [-0.1, -0.05) is 11.6 Å². The van der Waals surface area contributed by atoms with Crippen LogP contribution in [0.25, 0.3) is 0 Å². The summed E-state index contributed by atoms with van der Waals surface area (Å²) in [6.07, 6.45) is 5.15. The predicted molar refractivity (Wildman–Crippen MR) is 118 cm³/mol. The summed E-state index contributed by atoms with van der Waals surface area (Å²) in [5.41, 5.74) is 3.69. The number of halogens is 2. The van der Waals surface area contributed by atoms with Crippen molar-refractivity contribution >= 4 is 49.8 Å². The Kier molecular flexibility index (Phi) is 7.03. The number of anilines is 1. The Morgan fingerprint density at radius 2 is 2.14 bits per heavy atom. The third-order valence-electron chi connectivity index (χ3n) is 4.91. The standard InChI is InChI=1S/C21H22BrClN2O2S/c1-12-10-16(19(22)13(2)20(12)23)27-9-5-8-18(26)25-21-15(11-24)14-6-3-4-7-17(14)28-21/h10H,3-9H2,1-2H3,(H,25,26). The Hall–Kier alpha value is -1.55. The molecule has 4 nitrogen and oxygen atoms in total. The first-order valence-electron chi connectivity index (χ1n) is 9.34. The summed E-state index contributed by atoms with van der Waals surface area (Å²) >= 11 is 11.3. The minimum Gasteiger partial charge on any atom is -0.492 e. The number of hydrogen-bond acceptors (Lipinski definition) is 4. The van der Waals surface area contributed by atoms with Crippen molar-refractivity contribution in [1.29, 1.82) is 5.26 Å².